The van der Waals surface area contributed by atoms with Crippen LogP contribution < -0.4 is 14.5 Å². The second-order valence-corrected chi connectivity index (χ2v) is 8.45. The van der Waals surface area contributed by atoms with E-state index in [1.165, 1.54) is 23.5 Å². The van der Waals surface area contributed by atoms with Crippen molar-refractivity contribution in [3.63, 3.8) is 0 Å². The summed E-state index contributed by atoms with van der Waals surface area (Å²) in [7, 11) is -0.494. The van der Waals surface area contributed by atoms with Crippen molar-refractivity contribution in [2.75, 3.05) is 35.2 Å². The molecule has 150 valence electrons. The first-order valence-electron chi connectivity index (χ1n) is 9.09. The summed E-state index contributed by atoms with van der Waals surface area (Å²) in [6.07, 6.45) is 0. The molecule has 0 radical (unpaired) electrons. The van der Waals surface area contributed by atoms with E-state index in [4.69, 9.17) is 0 Å². The van der Waals surface area contributed by atoms with Crippen molar-refractivity contribution in [2.45, 2.75) is 4.90 Å². The predicted molar refractivity (Wildman–Crippen MR) is 117 cm³/mol. The molecule has 0 aliphatic rings. The van der Waals surface area contributed by atoms with Crippen LogP contribution in [0.15, 0.2) is 89.8 Å². The van der Waals surface area contributed by atoms with Crippen molar-refractivity contribution < 1.29 is 13.2 Å². The van der Waals surface area contributed by atoms with Crippen LogP contribution in [0.1, 0.15) is 0 Å². The Morgan fingerprint density at radius 3 is 2.03 bits per heavy atom. The maximum Gasteiger partial charge on any atom is 0.264 e. The number of hydrogen-bond donors (Lipinski definition) is 1. The molecule has 0 aromatic heterocycles. The van der Waals surface area contributed by atoms with Crippen LogP contribution in [-0.4, -0.2) is 35.0 Å². The third kappa shape index (κ3) is 4.75. The highest BCUT2D eigenvalue weighted by molar-refractivity contribution is 7.92. The molecular weight excluding hydrogens is 386 g/mol. The molecule has 7 heteroatoms. The highest BCUT2D eigenvalue weighted by Crippen LogP contribution is 2.23. The summed E-state index contributed by atoms with van der Waals surface area (Å²) < 4.78 is 27.1. The number of para-hydroxylation sites is 2. The molecule has 0 saturated carbocycles. The van der Waals surface area contributed by atoms with Gasteiger partial charge in [0.2, 0.25) is 5.91 Å². The lowest BCUT2D eigenvalue weighted by molar-refractivity contribution is -0.116. The Kier molecular flexibility index (Phi) is 6.19. The van der Waals surface area contributed by atoms with Gasteiger partial charge in [0.05, 0.1) is 17.1 Å². The molecule has 0 atom stereocenters. The van der Waals surface area contributed by atoms with Gasteiger partial charge in [0.1, 0.15) is 0 Å². The summed E-state index contributed by atoms with van der Waals surface area (Å²) in [6.45, 7) is 0.0451. The number of amides is 1. The van der Waals surface area contributed by atoms with E-state index >= 15 is 0 Å². The number of anilines is 3. The Labute approximate surface area is 171 Å². The molecule has 6 nitrogen and oxygen atoms in total. The standard InChI is InChI=1S/C22H23N3O3S/c1-24(19-11-5-3-6-12-19)22(26)17-23-18-10-9-15-21(16-18)29(27,28)25(2)20-13-7-4-8-14-20/h3-16,23H,17H2,1-2H3. The van der Waals surface area contributed by atoms with Gasteiger partial charge in [-0.05, 0) is 42.5 Å². The fourth-order valence-corrected chi connectivity index (χ4v) is 4.04. The van der Waals surface area contributed by atoms with Crippen molar-refractivity contribution >= 4 is 33.0 Å². The minimum atomic E-state index is -3.71. The van der Waals surface area contributed by atoms with E-state index in [1.807, 2.05) is 36.4 Å². The Morgan fingerprint density at radius 1 is 0.828 bits per heavy atom. The van der Waals surface area contributed by atoms with Crippen LogP contribution in [0, 0.1) is 0 Å². The molecule has 0 spiro atoms. The summed E-state index contributed by atoms with van der Waals surface area (Å²) in [6, 6.07) is 24.6. The van der Waals surface area contributed by atoms with Crippen molar-refractivity contribution in [1.82, 2.24) is 0 Å². The Bertz CT molecular complexity index is 1070. The fourth-order valence-electron chi connectivity index (χ4n) is 2.79. The van der Waals surface area contributed by atoms with Crippen LogP contribution in [0.3, 0.4) is 0 Å². The van der Waals surface area contributed by atoms with Gasteiger partial charge >= 0.3 is 0 Å². The first kappa shape index (κ1) is 20.4. The largest absolute Gasteiger partial charge is 0.376 e. The minimum Gasteiger partial charge on any atom is -0.376 e. The van der Waals surface area contributed by atoms with E-state index in [2.05, 4.69) is 5.32 Å². The molecule has 1 N–H and O–H groups in total. The summed E-state index contributed by atoms with van der Waals surface area (Å²) in [5.74, 6) is -0.133. The molecule has 0 saturated heterocycles. The van der Waals surface area contributed by atoms with E-state index in [0.29, 0.717) is 11.4 Å². The molecule has 0 aliphatic heterocycles. The second kappa shape index (κ2) is 8.79. The number of carbonyl (C=O) groups excluding carboxylic acids is 1. The monoisotopic (exact) mass is 409 g/mol. The van der Waals surface area contributed by atoms with Crippen molar-refractivity contribution in [3.8, 4) is 0 Å². The van der Waals surface area contributed by atoms with Crippen LogP contribution in [0.4, 0.5) is 17.1 Å². The van der Waals surface area contributed by atoms with Gasteiger partial charge in [0.25, 0.3) is 10.0 Å². The Balaban J connectivity index is 1.72. The fraction of sp³-hybridized carbons (Fsp3) is 0.136. The normalized spacial score (nSPS) is 11.0. The van der Waals surface area contributed by atoms with Gasteiger partial charge in [-0.15, -0.1) is 0 Å². The first-order chi connectivity index (χ1) is 13.9. The molecule has 1 amide bonds. The van der Waals surface area contributed by atoms with E-state index < -0.39 is 10.0 Å². The van der Waals surface area contributed by atoms with Gasteiger partial charge < -0.3 is 10.2 Å². The smallest absolute Gasteiger partial charge is 0.264 e. The van der Waals surface area contributed by atoms with E-state index in [0.717, 1.165) is 5.69 Å². The molecule has 0 bridgehead atoms. The predicted octanol–water partition coefficient (Wildman–Crippen LogP) is 3.59. The number of nitrogens with zero attached hydrogens (tertiary/aromatic N) is 2. The van der Waals surface area contributed by atoms with Gasteiger partial charge in [0.15, 0.2) is 0 Å². The van der Waals surface area contributed by atoms with Crippen LogP contribution in [0.25, 0.3) is 0 Å². The molecule has 0 unspecified atom stereocenters. The average Bonchev–Trinajstić information content (AvgIpc) is 2.77. The molecule has 29 heavy (non-hydrogen) atoms. The molecule has 3 aromatic carbocycles. The van der Waals surface area contributed by atoms with Crippen LogP contribution >= 0.6 is 0 Å². The van der Waals surface area contributed by atoms with Gasteiger partial charge in [-0.2, -0.15) is 0 Å². The van der Waals surface area contributed by atoms with E-state index in [-0.39, 0.29) is 17.3 Å². The lowest BCUT2D eigenvalue weighted by atomic mass is 10.3. The van der Waals surface area contributed by atoms with Gasteiger partial charge in [0, 0.05) is 25.5 Å². The maximum absolute atomic E-state index is 12.9. The zero-order valence-electron chi connectivity index (χ0n) is 16.3. The average molecular weight is 410 g/mol. The van der Waals surface area contributed by atoms with Crippen LogP contribution in [0.5, 0.6) is 0 Å². The van der Waals surface area contributed by atoms with Crippen LogP contribution in [-0.2, 0) is 14.8 Å². The summed E-state index contributed by atoms with van der Waals surface area (Å²) in [5.41, 5.74) is 1.92. The third-order valence-corrected chi connectivity index (χ3v) is 6.36. The lowest BCUT2D eigenvalue weighted by Gasteiger charge is -2.20. The molecule has 0 fully saturated rings. The minimum absolute atomic E-state index is 0.0451. The molecule has 3 rings (SSSR count). The van der Waals surface area contributed by atoms with Crippen LogP contribution in [0.2, 0.25) is 0 Å². The lowest BCUT2D eigenvalue weighted by Crippen LogP contribution is -2.32. The number of benzene rings is 3. The zero-order valence-corrected chi connectivity index (χ0v) is 17.1. The first-order valence-corrected chi connectivity index (χ1v) is 10.5. The van der Waals surface area contributed by atoms with E-state index in [1.54, 1.807) is 48.3 Å². The maximum atomic E-state index is 12.9. The zero-order chi connectivity index (χ0) is 20.9. The molecule has 3 aromatic rings. The number of carbonyl (C=O) groups is 1. The highest BCUT2D eigenvalue weighted by Gasteiger charge is 2.21. The Hall–Kier alpha value is -3.32. The topological polar surface area (TPSA) is 69.7 Å². The number of nitrogens with one attached hydrogen (secondary N) is 1. The molecular formula is C22H23N3O3S. The number of likely N-dealkylation sites (N-methyl/N-ethyl adjacent to an activating group) is 1. The number of hydrogen-bond acceptors (Lipinski definition) is 4. The molecule has 0 heterocycles. The number of sulfonamides is 1. The number of rotatable bonds is 7. The summed E-state index contributed by atoms with van der Waals surface area (Å²) >= 11 is 0. The van der Waals surface area contributed by atoms with Gasteiger partial charge in [-0.1, -0.05) is 42.5 Å². The van der Waals surface area contributed by atoms with E-state index in [9.17, 15) is 13.2 Å². The summed E-state index contributed by atoms with van der Waals surface area (Å²) in [5, 5.41) is 3.01. The van der Waals surface area contributed by atoms with Gasteiger partial charge in [-0.3, -0.25) is 9.10 Å². The van der Waals surface area contributed by atoms with Crippen molar-refractivity contribution in [1.29, 1.82) is 0 Å². The van der Waals surface area contributed by atoms with Gasteiger partial charge in [-0.25, -0.2) is 8.42 Å². The third-order valence-electron chi connectivity index (χ3n) is 4.57. The second-order valence-electron chi connectivity index (χ2n) is 6.48. The van der Waals surface area contributed by atoms with Crippen molar-refractivity contribution in [2.24, 2.45) is 0 Å². The highest BCUT2D eigenvalue weighted by atomic mass is 32.2. The molecule has 0 aliphatic carbocycles. The SMILES string of the molecule is CN(C(=O)CNc1cccc(S(=O)(=O)N(C)c2ccccc2)c1)c1ccccc1. The summed E-state index contributed by atoms with van der Waals surface area (Å²) in [4.78, 5) is 14.1. The quantitative estimate of drug-likeness (QED) is 0.648. The van der Waals surface area contributed by atoms with Crippen molar-refractivity contribution in [3.05, 3.63) is 84.9 Å². The Morgan fingerprint density at radius 2 is 1.41 bits per heavy atom.